The van der Waals surface area contributed by atoms with E-state index in [1.165, 1.54) is 6.42 Å². The van der Waals surface area contributed by atoms with Crippen LogP contribution in [-0.4, -0.2) is 27.1 Å². The molecule has 0 spiro atoms. The first-order valence-corrected chi connectivity index (χ1v) is 6.54. The number of carbonyl (C=O) groups is 1. The Hall–Kier alpha value is -1.03. The highest BCUT2D eigenvalue weighted by Gasteiger charge is 2.23. The molecule has 1 N–H and O–H groups in total. The summed E-state index contributed by atoms with van der Waals surface area (Å²) < 4.78 is 1.63. The smallest absolute Gasteiger partial charge is 0.254 e. The molecule has 4 nitrogen and oxygen atoms in total. The molecule has 1 heterocycles. The van der Waals surface area contributed by atoms with Crippen LogP contribution in [0.15, 0.2) is 12.4 Å². The maximum Gasteiger partial charge on any atom is 0.254 e. The van der Waals surface area contributed by atoms with Crippen LogP contribution >= 0.6 is 11.6 Å². The Morgan fingerprint density at radius 3 is 2.94 bits per heavy atom. The lowest BCUT2D eigenvalue weighted by Crippen LogP contribution is -2.40. The lowest BCUT2D eigenvalue weighted by molar-refractivity contribution is 0.0934. The van der Waals surface area contributed by atoms with Crippen molar-refractivity contribution in [3.63, 3.8) is 0 Å². The van der Waals surface area contributed by atoms with Crippen LogP contribution < -0.4 is 5.32 Å². The lowest BCUT2D eigenvalue weighted by Gasteiger charge is -2.20. The van der Waals surface area contributed by atoms with Gasteiger partial charge in [-0.25, -0.2) is 0 Å². The molecule has 0 aromatic carbocycles. The summed E-state index contributed by atoms with van der Waals surface area (Å²) in [6, 6.07) is 0.0897. The number of amides is 1. The van der Waals surface area contributed by atoms with E-state index in [0.29, 0.717) is 5.56 Å². The number of hydrogen-bond donors (Lipinski definition) is 1. The van der Waals surface area contributed by atoms with Crippen LogP contribution in [0, 0.1) is 0 Å². The monoisotopic (exact) mass is 255 g/mol. The summed E-state index contributed by atoms with van der Waals surface area (Å²) in [4.78, 5) is 12.0. The van der Waals surface area contributed by atoms with Crippen molar-refractivity contribution in [1.29, 1.82) is 0 Å². The van der Waals surface area contributed by atoms with Crippen LogP contribution in [0.3, 0.4) is 0 Å². The molecule has 2 rings (SSSR count). The van der Waals surface area contributed by atoms with Gasteiger partial charge < -0.3 is 5.32 Å². The number of aromatic nitrogens is 2. The molecule has 17 heavy (non-hydrogen) atoms. The molecule has 0 bridgehead atoms. The van der Waals surface area contributed by atoms with E-state index >= 15 is 0 Å². The van der Waals surface area contributed by atoms with E-state index in [-0.39, 0.29) is 17.3 Å². The Bertz CT molecular complexity index is 391. The zero-order chi connectivity index (χ0) is 12.3. The van der Waals surface area contributed by atoms with Crippen molar-refractivity contribution in [1.82, 2.24) is 15.1 Å². The molecule has 1 aromatic rings. The minimum absolute atomic E-state index is 0.0538. The highest BCUT2D eigenvalue weighted by molar-refractivity contribution is 6.21. The van der Waals surface area contributed by atoms with Gasteiger partial charge in [0.1, 0.15) is 0 Å². The number of alkyl halides is 1. The van der Waals surface area contributed by atoms with Crippen molar-refractivity contribution in [3.05, 3.63) is 18.0 Å². The van der Waals surface area contributed by atoms with Gasteiger partial charge in [0.2, 0.25) is 0 Å². The van der Waals surface area contributed by atoms with E-state index in [2.05, 4.69) is 10.4 Å². The number of aryl methyl sites for hydroxylation is 1. The molecular weight excluding hydrogens is 238 g/mol. The fourth-order valence-electron chi connectivity index (χ4n) is 2.22. The topological polar surface area (TPSA) is 46.9 Å². The van der Waals surface area contributed by atoms with E-state index in [1.807, 2.05) is 0 Å². The van der Waals surface area contributed by atoms with Crippen molar-refractivity contribution in [2.24, 2.45) is 7.05 Å². The molecule has 0 aliphatic heterocycles. The van der Waals surface area contributed by atoms with Crippen LogP contribution in [0.5, 0.6) is 0 Å². The number of nitrogens with zero attached hydrogens (tertiary/aromatic N) is 2. The Kier molecular flexibility index (Phi) is 4.05. The van der Waals surface area contributed by atoms with Crippen molar-refractivity contribution in [2.45, 2.75) is 43.5 Å². The summed E-state index contributed by atoms with van der Waals surface area (Å²) in [6.45, 7) is 0. The summed E-state index contributed by atoms with van der Waals surface area (Å²) in [5, 5.41) is 7.06. The molecule has 1 aliphatic carbocycles. The normalized spacial score (nSPS) is 25.3. The van der Waals surface area contributed by atoms with E-state index < -0.39 is 0 Å². The molecule has 1 saturated carbocycles. The fourth-order valence-corrected chi connectivity index (χ4v) is 2.56. The standard InChI is InChI=1S/C12H18ClN3O/c1-16-8-9(7-14-16)12(17)15-11-6-4-2-3-5-10(11)13/h7-8,10-11H,2-6H2,1H3,(H,15,17). The average molecular weight is 256 g/mol. The number of carbonyl (C=O) groups excluding carboxylic acids is 1. The molecule has 2 atom stereocenters. The second-order valence-electron chi connectivity index (χ2n) is 4.64. The molecule has 94 valence electrons. The predicted molar refractivity (Wildman–Crippen MR) is 67.2 cm³/mol. The van der Waals surface area contributed by atoms with Crippen LogP contribution in [0.1, 0.15) is 42.5 Å². The van der Waals surface area contributed by atoms with Gasteiger partial charge in [0.15, 0.2) is 0 Å². The van der Waals surface area contributed by atoms with Gasteiger partial charge in [0, 0.05) is 19.3 Å². The third-order valence-electron chi connectivity index (χ3n) is 3.22. The summed E-state index contributed by atoms with van der Waals surface area (Å²) in [5.74, 6) is -0.0735. The van der Waals surface area contributed by atoms with Gasteiger partial charge in [-0.1, -0.05) is 19.3 Å². The maximum absolute atomic E-state index is 12.0. The van der Waals surface area contributed by atoms with Gasteiger partial charge in [-0.05, 0) is 12.8 Å². The first-order chi connectivity index (χ1) is 8.16. The van der Waals surface area contributed by atoms with E-state index in [0.717, 1.165) is 25.7 Å². The highest BCUT2D eigenvalue weighted by Crippen LogP contribution is 2.22. The largest absolute Gasteiger partial charge is 0.348 e. The molecule has 1 aromatic heterocycles. The Morgan fingerprint density at radius 2 is 2.24 bits per heavy atom. The maximum atomic E-state index is 12.0. The van der Waals surface area contributed by atoms with Crippen molar-refractivity contribution >= 4 is 17.5 Å². The highest BCUT2D eigenvalue weighted by atomic mass is 35.5. The minimum atomic E-state index is -0.0735. The lowest BCUT2D eigenvalue weighted by atomic mass is 10.1. The second-order valence-corrected chi connectivity index (χ2v) is 5.20. The summed E-state index contributed by atoms with van der Waals surface area (Å²) in [6.07, 6.45) is 8.77. The zero-order valence-electron chi connectivity index (χ0n) is 10.0. The summed E-state index contributed by atoms with van der Waals surface area (Å²) in [5.41, 5.74) is 0.598. The fraction of sp³-hybridized carbons (Fsp3) is 0.667. The summed E-state index contributed by atoms with van der Waals surface area (Å²) in [7, 11) is 1.80. The van der Waals surface area contributed by atoms with Crippen molar-refractivity contribution < 1.29 is 4.79 Å². The van der Waals surface area contributed by atoms with Gasteiger partial charge in [-0.3, -0.25) is 9.48 Å². The quantitative estimate of drug-likeness (QED) is 0.650. The molecular formula is C12H18ClN3O. The number of halogens is 1. The number of nitrogens with one attached hydrogen (secondary N) is 1. The van der Waals surface area contributed by atoms with Gasteiger partial charge in [0.05, 0.1) is 17.1 Å². The Morgan fingerprint density at radius 1 is 1.47 bits per heavy atom. The molecule has 5 heteroatoms. The van der Waals surface area contributed by atoms with Gasteiger partial charge in [-0.2, -0.15) is 5.10 Å². The molecule has 0 radical (unpaired) electrons. The second kappa shape index (κ2) is 5.54. The van der Waals surface area contributed by atoms with E-state index in [1.54, 1.807) is 24.1 Å². The predicted octanol–water partition coefficient (Wildman–Crippen LogP) is 2.09. The minimum Gasteiger partial charge on any atom is -0.348 e. The van der Waals surface area contributed by atoms with Gasteiger partial charge >= 0.3 is 0 Å². The SMILES string of the molecule is Cn1cc(C(=O)NC2CCCCCC2Cl)cn1. The molecule has 1 amide bonds. The molecule has 1 aliphatic rings. The van der Waals surface area contributed by atoms with Crippen molar-refractivity contribution in [3.8, 4) is 0 Å². The van der Waals surface area contributed by atoms with Crippen molar-refractivity contribution in [2.75, 3.05) is 0 Å². The van der Waals surface area contributed by atoms with Crippen LogP contribution in [0.2, 0.25) is 0 Å². The van der Waals surface area contributed by atoms with E-state index in [4.69, 9.17) is 11.6 Å². The third-order valence-corrected chi connectivity index (χ3v) is 3.74. The molecule has 1 fully saturated rings. The molecule has 0 saturated heterocycles. The average Bonchev–Trinajstić information content (AvgIpc) is 2.63. The zero-order valence-corrected chi connectivity index (χ0v) is 10.8. The molecule has 2 unspecified atom stereocenters. The van der Waals surface area contributed by atoms with Gasteiger partial charge in [0.25, 0.3) is 5.91 Å². The van der Waals surface area contributed by atoms with Gasteiger partial charge in [-0.15, -0.1) is 11.6 Å². The van der Waals surface area contributed by atoms with Crippen LogP contribution in [0.4, 0.5) is 0 Å². The van der Waals surface area contributed by atoms with E-state index in [9.17, 15) is 4.79 Å². The number of hydrogen-bond acceptors (Lipinski definition) is 2. The third kappa shape index (κ3) is 3.22. The summed E-state index contributed by atoms with van der Waals surface area (Å²) >= 11 is 6.29. The van der Waals surface area contributed by atoms with Crippen LogP contribution in [0.25, 0.3) is 0 Å². The Balaban J connectivity index is 1.97. The number of rotatable bonds is 2. The Labute approximate surface area is 106 Å². The van der Waals surface area contributed by atoms with Crippen LogP contribution in [-0.2, 0) is 7.05 Å². The first kappa shape index (κ1) is 12.4. The first-order valence-electron chi connectivity index (χ1n) is 6.10.